The molecule has 0 amide bonds. The third-order valence-corrected chi connectivity index (χ3v) is 4.01. The molecule has 1 aromatic carbocycles. The quantitative estimate of drug-likeness (QED) is 0.862. The fourth-order valence-corrected chi connectivity index (χ4v) is 2.62. The van der Waals surface area contributed by atoms with Crippen LogP contribution in [0.5, 0.6) is 0 Å². The van der Waals surface area contributed by atoms with Gasteiger partial charge in [0, 0.05) is 39.3 Å². The summed E-state index contributed by atoms with van der Waals surface area (Å²) in [7, 11) is 3.95. The summed E-state index contributed by atoms with van der Waals surface area (Å²) >= 11 is 0. The van der Waals surface area contributed by atoms with Crippen LogP contribution in [-0.2, 0) is 11.3 Å². The number of likely N-dealkylation sites (N-methyl/N-ethyl adjacent to an activating group) is 1. The van der Waals surface area contributed by atoms with E-state index in [9.17, 15) is 9.18 Å². The summed E-state index contributed by atoms with van der Waals surface area (Å²) in [5, 5.41) is 8.71. The van der Waals surface area contributed by atoms with Crippen LogP contribution >= 0.6 is 0 Å². The minimum atomic E-state index is -0.802. The summed E-state index contributed by atoms with van der Waals surface area (Å²) in [6.45, 7) is 4.62. The number of benzene rings is 1. The van der Waals surface area contributed by atoms with Crippen molar-refractivity contribution in [1.29, 1.82) is 0 Å². The second-order valence-electron chi connectivity index (χ2n) is 5.96. The van der Waals surface area contributed by atoms with Crippen LogP contribution in [0.25, 0.3) is 0 Å². The van der Waals surface area contributed by atoms with Crippen molar-refractivity contribution < 1.29 is 14.3 Å². The summed E-state index contributed by atoms with van der Waals surface area (Å²) in [6, 6.07) is 5.16. The van der Waals surface area contributed by atoms with E-state index in [4.69, 9.17) is 5.11 Å². The van der Waals surface area contributed by atoms with E-state index in [1.807, 2.05) is 18.0 Å². The van der Waals surface area contributed by atoms with Crippen molar-refractivity contribution in [2.75, 3.05) is 51.7 Å². The first kappa shape index (κ1) is 16.7. The van der Waals surface area contributed by atoms with Crippen molar-refractivity contribution in [2.24, 2.45) is 0 Å². The Kier molecular flexibility index (Phi) is 5.74. The molecule has 0 saturated carbocycles. The molecule has 1 aromatic rings. The highest BCUT2D eigenvalue weighted by molar-refractivity contribution is 5.66. The lowest BCUT2D eigenvalue weighted by Gasteiger charge is -2.34. The highest BCUT2D eigenvalue weighted by Crippen LogP contribution is 2.23. The molecule has 0 aromatic heterocycles. The number of piperazine rings is 1. The van der Waals surface area contributed by atoms with E-state index in [1.54, 1.807) is 6.07 Å². The summed E-state index contributed by atoms with van der Waals surface area (Å²) in [5.74, 6) is -0.995. The van der Waals surface area contributed by atoms with E-state index in [2.05, 4.69) is 16.8 Å². The molecule has 1 saturated heterocycles. The molecule has 1 heterocycles. The van der Waals surface area contributed by atoms with E-state index in [0.29, 0.717) is 18.8 Å². The highest BCUT2D eigenvalue weighted by atomic mass is 19.1. The molecule has 1 aliphatic rings. The Morgan fingerprint density at radius 3 is 2.64 bits per heavy atom. The van der Waals surface area contributed by atoms with Gasteiger partial charge in [0.05, 0.1) is 12.1 Å². The van der Waals surface area contributed by atoms with Gasteiger partial charge in [-0.25, -0.2) is 4.39 Å². The molecule has 0 atom stereocenters. The Morgan fingerprint density at radius 1 is 1.32 bits per heavy atom. The average Bonchev–Trinajstić information content (AvgIpc) is 2.48. The summed E-state index contributed by atoms with van der Waals surface area (Å²) in [5.41, 5.74) is 1.65. The molecule has 0 aliphatic carbocycles. The van der Waals surface area contributed by atoms with Gasteiger partial charge in [-0.3, -0.25) is 4.79 Å². The first-order chi connectivity index (χ1) is 10.5. The molecule has 0 unspecified atom stereocenters. The number of aliphatic carboxylic acids is 1. The highest BCUT2D eigenvalue weighted by Gasteiger charge is 2.18. The van der Waals surface area contributed by atoms with Crippen molar-refractivity contribution in [3.05, 3.63) is 29.6 Å². The molecule has 1 fully saturated rings. The molecule has 0 bridgehead atoms. The largest absolute Gasteiger partial charge is 0.481 e. The number of hydrogen-bond donors (Lipinski definition) is 1. The van der Waals surface area contributed by atoms with Crippen LogP contribution in [-0.4, -0.2) is 67.7 Å². The zero-order valence-corrected chi connectivity index (χ0v) is 13.3. The van der Waals surface area contributed by atoms with Crippen LogP contribution in [0.4, 0.5) is 10.1 Å². The molecule has 1 N–H and O–H groups in total. The Labute approximate surface area is 130 Å². The summed E-state index contributed by atoms with van der Waals surface area (Å²) in [4.78, 5) is 16.9. The van der Waals surface area contributed by atoms with Gasteiger partial charge in [0.25, 0.3) is 0 Å². The molecule has 0 radical (unpaired) electrons. The molecule has 1 aliphatic heterocycles. The van der Waals surface area contributed by atoms with Gasteiger partial charge < -0.3 is 19.8 Å². The fraction of sp³-hybridized carbons (Fsp3) is 0.562. The van der Waals surface area contributed by atoms with E-state index < -0.39 is 5.97 Å². The number of carboxylic acids is 1. The number of carboxylic acid groups (broad SMARTS) is 1. The first-order valence-corrected chi connectivity index (χ1v) is 7.58. The van der Waals surface area contributed by atoms with E-state index >= 15 is 0 Å². The van der Waals surface area contributed by atoms with Gasteiger partial charge in [-0.05, 0) is 31.8 Å². The van der Waals surface area contributed by atoms with E-state index in [-0.39, 0.29) is 12.2 Å². The fourth-order valence-electron chi connectivity index (χ4n) is 2.62. The van der Waals surface area contributed by atoms with Crippen molar-refractivity contribution in [3.8, 4) is 0 Å². The van der Waals surface area contributed by atoms with Crippen LogP contribution in [0.15, 0.2) is 18.2 Å². The van der Waals surface area contributed by atoms with Gasteiger partial charge >= 0.3 is 5.97 Å². The first-order valence-electron chi connectivity index (χ1n) is 7.58. The average molecular weight is 309 g/mol. The molecule has 22 heavy (non-hydrogen) atoms. The van der Waals surface area contributed by atoms with Gasteiger partial charge in [0.15, 0.2) is 0 Å². The van der Waals surface area contributed by atoms with Gasteiger partial charge in [-0.15, -0.1) is 0 Å². The van der Waals surface area contributed by atoms with Crippen LogP contribution in [0.1, 0.15) is 12.0 Å². The molecule has 0 spiro atoms. The monoisotopic (exact) mass is 309 g/mol. The Morgan fingerprint density at radius 2 is 2.00 bits per heavy atom. The maximum absolute atomic E-state index is 14.1. The third-order valence-electron chi connectivity index (χ3n) is 4.01. The van der Waals surface area contributed by atoms with Crippen molar-refractivity contribution in [2.45, 2.75) is 13.0 Å². The van der Waals surface area contributed by atoms with E-state index in [0.717, 1.165) is 31.7 Å². The normalized spacial score (nSPS) is 16.3. The molecule has 2 rings (SSSR count). The van der Waals surface area contributed by atoms with Crippen LogP contribution in [0.2, 0.25) is 0 Å². The third kappa shape index (κ3) is 4.68. The zero-order chi connectivity index (χ0) is 16.1. The lowest BCUT2D eigenvalue weighted by atomic mass is 10.1. The Bertz CT molecular complexity index is 516. The molecular weight excluding hydrogens is 285 g/mol. The number of nitrogens with zero attached hydrogens (tertiary/aromatic N) is 3. The lowest BCUT2D eigenvalue weighted by Crippen LogP contribution is -2.44. The van der Waals surface area contributed by atoms with Crippen LogP contribution in [0.3, 0.4) is 0 Å². The Hall–Kier alpha value is -1.66. The predicted molar refractivity (Wildman–Crippen MR) is 84.7 cm³/mol. The second kappa shape index (κ2) is 7.56. The van der Waals surface area contributed by atoms with Gasteiger partial charge in [-0.1, -0.05) is 6.07 Å². The molecular formula is C16H24FN3O2. The number of carbonyl (C=O) groups is 1. The van der Waals surface area contributed by atoms with Crippen molar-refractivity contribution >= 4 is 11.7 Å². The zero-order valence-electron chi connectivity index (χ0n) is 13.3. The number of hydrogen-bond acceptors (Lipinski definition) is 4. The number of anilines is 1. The summed E-state index contributed by atoms with van der Waals surface area (Å²) in [6.07, 6.45) is 0.114. The lowest BCUT2D eigenvalue weighted by molar-refractivity contribution is -0.137. The topological polar surface area (TPSA) is 47.0 Å². The van der Waals surface area contributed by atoms with Crippen LogP contribution < -0.4 is 4.90 Å². The van der Waals surface area contributed by atoms with Crippen molar-refractivity contribution in [1.82, 2.24) is 9.80 Å². The standard InChI is InChI=1S/C16H24FN3O2/c1-18-7-9-20(10-8-18)15-11-13(3-4-14(15)17)12-19(2)6-5-16(21)22/h3-4,11H,5-10,12H2,1-2H3,(H,21,22). The van der Waals surface area contributed by atoms with E-state index in [1.165, 1.54) is 6.07 Å². The predicted octanol–water partition coefficient (Wildman–Crippen LogP) is 1.48. The van der Waals surface area contributed by atoms with Crippen molar-refractivity contribution in [3.63, 3.8) is 0 Å². The molecule has 122 valence electrons. The maximum Gasteiger partial charge on any atom is 0.304 e. The SMILES string of the molecule is CN1CCN(c2cc(CN(C)CCC(=O)O)ccc2F)CC1. The van der Waals surface area contributed by atoms with Gasteiger partial charge in [-0.2, -0.15) is 0 Å². The Balaban J connectivity index is 2.01. The molecule has 6 heteroatoms. The second-order valence-corrected chi connectivity index (χ2v) is 5.96. The maximum atomic E-state index is 14.1. The van der Waals surface area contributed by atoms with Crippen LogP contribution in [0, 0.1) is 5.82 Å². The summed E-state index contributed by atoms with van der Waals surface area (Å²) < 4.78 is 14.1. The van der Waals surface area contributed by atoms with Gasteiger partial charge in [0.1, 0.15) is 5.82 Å². The van der Waals surface area contributed by atoms with Gasteiger partial charge in [0.2, 0.25) is 0 Å². The molecule has 5 nitrogen and oxygen atoms in total. The number of rotatable bonds is 6. The minimum absolute atomic E-state index is 0.114. The number of halogens is 1. The smallest absolute Gasteiger partial charge is 0.304 e. The minimum Gasteiger partial charge on any atom is -0.481 e.